The van der Waals surface area contributed by atoms with Crippen molar-refractivity contribution >= 4 is 23.2 Å². The van der Waals surface area contributed by atoms with Crippen LogP contribution < -0.4 is 5.32 Å². The summed E-state index contributed by atoms with van der Waals surface area (Å²) in [5.74, 6) is -0.699. The van der Waals surface area contributed by atoms with E-state index in [4.69, 9.17) is 16.1 Å². The average Bonchev–Trinajstić information content (AvgIpc) is 3.05. The Morgan fingerprint density at radius 1 is 1.08 bits per heavy atom. The molecule has 0 saturated carbocycles. The van der Waals surface area contributed by atoms with Crippen LogP contribution in [0.4, 0.5) is 18.9 Å². The second-order valence-electron chi connectivity index (χ2n) is 5.12. The molecule has 8 heteroatoms. The predicted octanol–water partition coefficient (Wildman–Crippen LogP) is 5.27. The van der Waals surface area contributed by atoms with Crippen molar-refractivity contribution in [2.24, 2.45) is 0 Å². The molecular weight excluding hydrogens is 357 g/mol. The minimum atomic E-state index is -4.43. The van der Waals surface area contributed by atoms with Gasteiger partial charge in [-0.25, -0.2) is 0 Å². The smallest absolute Gasteiger partial charge is 0.350 e. The Morgan fingerprint density at radius 2 is 1.80 bits per heavy atom. The number of carbonyl (C=O) groups is 1. The van der Waals surface area contributed by atoms with Gasteiger partial charge in [0, 0.05) is 22.3 Å². The van der Waals surface area contributed by atoms with E-state index in [1.54, 1.807) is 24.3 Å². The van der Waals surface area contributed by atoms with Crippen LogP contribution in [0.25, 0.3) is 11.3 Å². The molecule has 0 fully saturated rings. The van der Waals surface area contributed by atoms with Crippen molar-refractivity contribution in [2.75, 3.05) is 5.32 Å². The predicted molar refractivity (Wildman–Crippen MR) is 86.3 cm³/mol. The zero-order valence-electron chi connectivity index (χ0n) is 12.5. The molecule has 0 radical (unpaired) electrons. The highest BCUT2D eigenvalue weighted by atomic mass is 35.5. The highest BCUT2D eigenvalue weighted by Gasteiger charge is 2.30. The molecule has 25 heavy (non-hydrogen) atoms. The Morgan fingerprint density at radius 3 is 2.44 bits per heavy atom. The summed E-state index contributed by atoms with van der Waals surface area (Å²) < 4.78 is 42.5. The Balaban J connectivity index is 1.74. The van der Waals surface area contributed by atoms with Crippen LogP contribution >= 0.6 is 11.6 Å². The van der Waals surface area contributed by atoms with Gasteiger partial charge in [-0.05, 0) is 36.4 Å². The molecule has 0 aliphatic carbocycles. The third-order valence-electron chi connectivity index (χ3n) is 3.32. The summed E-state index contributed by atoms with van der Waals surface area (Å²) >= 11 is 5.90. The van der Waals surface area contributed by atoms with Crippen LogP contribution in [0.2, 0.25) is 5.02 Å². The van der Waals surface area contributed by atoms with E-state index in [1.807, 2.05) is 0 Å². The number of alkyl halides is 3. The molecule has 2 aromatic carbocycles. The third-order valence-corrected chi connectivity index (χ3v) is 3.56. The fraction of sp³-hybridized carbons (Fsp3) is 0.0588. The number of hydrogen-bond donors (Lipinski definition) is 1. The second-order valence-corrected chi connectivity index (χ2v) is 5.55. The second kappa shape index (κ2) is 6.60. The molecule has 0 bridgehead atoms. The van der Waals surface area contributed by atoms with Gasteiger partial charge in [0.2, 0.25) is 5.76 Å². The molecule has 1 N–H and O–H groups in total. The SMILES string of the molecule is O=C(Nc1ccc(C(F)(F)F)cc1)c1cc(-c2cccc(Cl)c2)no1. The van der Waals surface area contributed by atoms with Gasteiger partial charge in [0.15, 0.2) is 0 Å². The van der Waals surface area contributed by atoms with Crippen LogP contribution in [0.15, 0.2) is 59.1 Å². The lowest BCUT2D eigenvalue weighted by Crippen LogP contribution is -2.11. The third kappa shape index (κ3) is 4.00. The molecule has 1 aromatic heterocycles. The molecule has 4 nitrogen and oxygen atoms in total. The number of anilines is 1. The topological polar surface area (TPSA) is 55.1 Å². The molecule has 3 aromatic rings. The van der Waals surface area contributed by atoms with Crippen LogP contribution in [0, 0.1) is 0 Å². The lowest BCUT2D eigenvalue weighted by molar-refractivity contribution is -0.137. The van der Waals surface area contributed by atoms with E-state index in [2.05, 4.69) is 10.5 Å². The standard InChI is InChI=1S/C17H10ClF3N2O2/c18-12-3-1-2-10(8-12)14-9-15(25-23-14)16(24)22-13-6-4-11(5-7-13)17(19,20)21/h1-9H,(H,22,24). The molecule has 0 aliphatic heterocycles. The van der Waals surface area contributed by atoms with Gasteiger partial charge in [-0.2, -0.15) is 13.2 Å². The molecule has 0 aliphatic rings. The summed E-state index contributed by atoms with van der Waals surface area (Å²) in [6.45, 7) is 0. The van der Waals surface area contributed by atoms with Crippen LogP contribution in [0.1, 0.15) is 16.1 Å². The highest BCUT2D eigenvalue weighted by Crippen LogP contribution is 2.30. The quantitative estimate of drug-likeness (QED) is 0.687. The number of carbonyl (C=O) groups excluding carboxylic acids is 1. The van der Waals surface area contributed by atoms with E-state index in [0.717, 1.165) is 24.3 Å². The number of aromatic nitrogens is 1. The number of amides is 1. The molecule has 0 atom stereocenters. The Labute approximate surface area is 145 Å². The van der Waals surface area contributed by atoms with E-state index in [0.29, 0.717) is 16.3 Å². The van der Waals surface area contributed by atoms with Gasteiger partial charge < -0.3 is 9.84 Å². The van der Waals surface area contributed by atoms with Crippen molar-refractivity contribution in [3.63, 3.8) is 0 Å². The van der Waals surface area contributed by atoms with Crippen LogP contribution in [-0.2, 0) is 6.18 Å². The van der Waals surface area contributed by atoms with Gasteiger partial charge in [-0.15, -0.1) is 0 Å². The van der Waals surface area contributed by atoms with Crippen LogP contribution in [0.5, 0.6) is 0 Å². The maximum absolute atomic E-state index is 12.5. The number of nitrogens with zero attached hydrogens (tertiary/aromatic N) is 1. The largest absolute Gasteiger partial charge is 0.416 e. The summed E-state index contributed by atoms with van der Waals surface area (Å²) in [5.41, 5.74) is 0.497. The maximum Gasteiger partial charge on any atom is 0.416 e. The summed E-state index contributed by atoms with van der Waals surface area (Å²) in [5, 5.41) is 6.75. The molecule has 0 spiro atoms. The van der Waals surface area contributed by atoms with Crippen LogP contribution in [-0.4, -0.2) is 11.1 Å². The fourth-order valence-corrected chi connectivity index (χ4v) is 2.29. The molecule has 1 amide bonds. The van der Waals surface area contributed by atoms with E-state index in [1.165, 1.54) is 6.07 Å². The van der Waals surface area contributed by atoms with E-state index in [-0.39, 0.29) is 11.4 Å². The van der Waals surface area contributed by atoms with Gasteiger partial charge in [-0.3, -0.25) is 4.79 Å². The van der Waals surface area contributed by atoms with Crippen molar-refractivity contribution in [3.05, 3.63) is 70.9 Å². The normalized spacial score (nSPS) is 11.4. The Hall–Kier alpha value is -2.80. The van der Waals surface area contributed by atoms with Crippen molar-refractivity contribution in [3.8, 4) is 11.3 Å². The first kappa shape index (κ1) is 17.0. The molecule has 3 rings (SSSR count). The first-order valence-corrected chi connectivity index (χ1v) is 7.42. The number of benzene rings is 2. The Bertz CT molecular complexity index is 905. The zero-order chi connectivity index (χ0) is 18.0. The summed E-state index contributed by atoms with van der Waals surface area (Å²) in [6.07, 6.45) is -4.43. The van der Waals surface area contributed by atoms with E-state index < -0.39 is 17.6 Å². The number of halogens is 4. The summed E-state index contributed by atoms with van der Waals surface area (Å²) in [7, 11) is 0. The first-order valence-electron chi connectivity index (χ1n) is 7.04. The van der Waals surface area contributed by atoms with Gasteiger partial charge in [0.25, 0.3) is 5.91 Å². The number of nitrogens with one attached hydrogen (secondary N) is 1. The maximum atomic E-state index is 12.5. The monoisotopic (exact) mass is 366 g/mol. The molecule has 128 valence electrons. The van der Waals surface area contributed by atoms with Crippen molar-refractivity contribution in [1.82, 2.24) is 5.16 Å². The highest BCUT2D eigenvalue weighted by molar-refractivity contribution is 6.30. The zero-order valence-corrected chi connectivity index (χ0v) is 13.2. The van der Waals surface area contributed by atoms with Crippen molar-refractivity contribution in [1.29, 1.82) is 0 Å². The molecule has 0 unspecified atom stereocenters. The van der Waals surface area contributed by atoms with Gasteiger partial charge in [-0.1, -0.05) is 28.9 Å². The van der Waals surface area contributed by atoms with E-state index in [9.17, 15) is 18.0 Å². The average molecular weight is 367 g/mol. The summed E-state index contributed by atoms with van der Waals surface area (Å²) in [4.78, 5) is 12.1. The van der Waals surface area contributed by atoms with Gasteiger partial charge >= 0.3 is 6.18 Å². The minimum absolute atomic E-state index is 0.0742. The molecular formula is C17H10ClF3N2O2. The van der Waals surface area contributed by atoms with Crippen molar-refractivity contribution in [2.45, 2.75) is 6.18 Å². The number of rotatable bonds is 3. The Kier molecular flexibility index (Phi) is 4.50. The minimum Gasteiger partial charge on any atom is -0.350 e. The summed E-state index contributed by atoms with van der Waals surface area (Å²) in [6, 6.07) is 12.4. The lowest BCUT2D eigenvalue weighted by atomic mass is 10.1. The van der Waals surface area contributed by atoms with Gasteiger partial charge in [0.1, 0.15) is 5.69 Å². The van der Waals surface area contributed by atoms with Crippen molar-refractivity contribution < 1.29 is 22.5 Å². The fourth-order valence-electron chi connectivity index (χ4n) is 2.10. The molecule has 0 saturated heterocycles. The van der Waals surface area contributed by atoms with Crippen LogP contribution in [0.3, 0.4) is 0 Å². The van der Waals surface area contributed by atoms with Gasteiger partial charge in [0.05, 0.1) is 5.56 Å². The first-order chi connectivity index (χ1) is 11.8. The molecule has 1 heterocycles. The lowest BCUT2D eigenvalue weighted by Gasteiger charge is -2.07. The number of hydrogen-bond acceptors (Lipinski definition) is 3. The van der Waals surface area contributed by atoms with E-state index >= 15 is 0 Å².